The minimum Gasteiger partial charge on any atom is -0.484 e. The normalized spacial score (nSPS) is 12.7. The molecule has 2 rings (SSSR count). The molecule has 0 radical (unpaired) electrons. The predicted octanol–water partition coefficient (Wildman–Crippen LogP) is 6.17. The van der Waals surface area contributed by atoms with E-state index in [0.717, 1.165) is 16.5 Å². The minimum absolute atomic E-state index is 0.00890. The zero-order valence-corrected chi connectivity index (χ0v) is 21.9. The fourth-order valence-electron chi connectivity index (χ4n) is 3.13. The lowest BCUT2D eigenvalue weighted by Crippen LogP contribution is -2.51. The molecule has 0 saturated carbocycles. The second kappa shape index (κ2) is 12.5. The molecule has 2 amide bonds. The van der Waals surface area contributed by atoms with Crippen molar-refractivity contribution in [2.45, 2.75) is 59.2 Å². The molecule has 5 nitrogen and oxygen atoms in total. The van der Waals surface area contributed by atoms with Crippen molar-refractivity contribution in [1.82, 2.24) is 10.2 Å². The summed E-state index contributed by atoms with van der Waals surface area (Å²) in [6, 6.07) is 9.98. The number of aryl methyl sites for hydroxylation is 1. The van der Waals surface area contributed by atoms with Gasteiger partial charge in [0.15, 0.2) is 6.61 Å². The van der Waals surface area contributed by atoms with E-state index in [1.165, 1.54) is 4.90 Å². The molecule has 0 heterocycles. The quantitative estimate of drug-likeness (QED) is 0.390. The van der Waals surface area contributed by atoms with Gasteiger partial charge in [-0.1, -0.05) is 59.0 Å². The number of rotatable bonds is 10. The molecule has 2 aromatic rings. The second-order valence-electron chi connectivity index (χ2n) is 7.70. The number of nitrogens with one attached hydrogen (secondary N) is 1. The Balaban J connectivity index is 2.26. The van der Waals surface area contributed by atoms with E-state index >= 15 is 0 Å². The summed E-state index contributed by atoms with van der Waals surface area (Å²) in [6.07, 6.45) is 1.25. The molecule has 2 atom stereocenters. The van der Waals surface area contributed by atoms with Crippen LogP contribution in [0.4, 0.5) is 0 Å². The first-order valence-corrected chi connectivity index (χ1v) is 12.1. The molecular weight excluding hydrogens is 515 g/mol. The lowest BCUT2D eigenvalue weighted by Gasteiger charge is -2.31. The Morgan fingerprint density at radius 1 is 1.12 bits per heavy atom. The van der Waals surface area contributed by atoms with E-state index in [0.29, 0.717) is 27.8 Å². The first kappa shape index (κ1) is 26.5. The van der Waals surface area contributed by atoms with Crippen molar-refractivity contribution in [3.8, 4) is 5.75 Å². The molecule has 0 fully saturated rings. The SMILES string of the molecule is CCC(C)NC(=O)C(CC)N(Cc1ccc(Cl)cc1Cl)C(=O)COc1ccc(Br)c(C)c1. The van der Waals surface area contributed by atoms with Crippen molar-refractivity contribution in [1.29, 1.82) is 0 Å². The van der Waals surface area contributed by atoms with Gasteiger partial charge in [0.05, 0.1) is 0 Å². The average Bonchev–Trinajstić information content (AvgIpc) is 2.75. The van der Waals surface area contributed by atoms with Gasteiger partial charge in [-0.25, -0.2) is 0 Å². The van der Waals surface area contributed by atoms with Gasteiger partial charge in [0.1, 0.15) is 11.8 Å². The number of hydrogen-bond donors (Lipinski definition) is 1. The largest absolute Gasteiger partial charge is 0.484 e. The Morgan fingerprint density at radius 3 is 2.44 bits per heavy atom. The van der Waals surface area contributed by atoms with E-state index in [1.54, 1.807) is 24.3 Å². The van der Waals surface area contributed by atoms with Crippen LogP contribution < -0.4 is 10.1 Å². The maximum absolute atomic E-state index is 13.3. The number of hydrogen-bond acceptors (Lipinski definition) is 3. The minimum atomic E-state index is -0.654. The third kappa shape index (κ3) is 7.39. The average molecular weight is 544 g/mol. The van der Waals surface area contributed by atoms with Gasteiger partial charge < -0.3 is 15.0 Å². The molecule has 0 bridgehead atoms. The second-order valence-corrected chi connectivity index (χ2v) is 9.40. The van der Waals surface area contributed by atoms with E-state index in [1.807, 2.05) is 39.8 Å². The summed E-state index contributed by atoms with van der Waals surface area (Å²) in [6.45, 7) is 7.73. The summed E-state index contributed by atoms with van der Waals surface area (Å²) in [5.74, 6) is 0.0862. The zero-order valence-electron chi connectivity index (χ0n) is 18.8. The van der Waals surface area contributed by atoms with Crippen molar-refractivity contribution in [3.63, 3.8) is 0 Å². The van der Waals surface area contributed by atoms with Crippen LogP contribution in [-0.4, -0.2) is 35.4 Å². The Kier molecular flexibility index (Phi) is 10.3. The van der Waals surface area contributed by atoms with Crippen molar-refractivity contribution >= 4 is 50.9 Å². The number of ether oxygens (including phenoxy) is 1. The number of benzene rings is 2. The molecule has 32 heavy (non-hydrogen) atoms. The summed E-state index contributed by atoms with van der Waals surface area (Å²) < 4.78 is 6.71. The zero-order chi connectivity index (χ0) is 23.8. The molecule has 0 saturated heterocycles. The van der Waals surface area contributed by atoms with Gasteiger partial charge in [0, 0.05) is 27.1 Å². The van der Waals surface area contributed by atoms with E-state index in [9.17, 15) is 9.59 Å². The van der Waals surface area contributed by atoms with Crippen LogP contribution in [0.25, 0.3) is 0 Å². The molecule has 8 heteroatoms. The van der Waals surface area contributed by atoms with Crippen LogP contribution in [0.2, 0.25) is 10.0 Å². The highest BCUT2D eigenvalue weighted by atomic mass is 79.9. The summed E-state index contributed by atoms with van der Waals surface area (Å²) in [4.78, 5) is 27.7. The predicted molar refractivity (Wildman–Crippen MR) is 133 cm³/mol. The Hall–Kier alpha value is -1.76. The molecular formula is C24H29BrCl2N2O3. The van der Waals surface area contributed by atoms with Gasteiger partial charge in [0.2, 0.25) is 5.91 Å². The summed E-state index contributed by atoms with van der Waals surface area (Å²) in [5.41, 5.74) is 1.71. The number of carbonyl (C=O) groups is 2. The summed E-state index contributed by atoms with van der Waals surface area (Å²) in [7, 11) is 0. The monoisotopic (exact) mass is 542 g/mol. The van der Waals surface area contributed by atoms with Gasteiger partial charge in [0.25, 0.3) is 5.91 Å². The third-order valence-corrected chi connectivity index (χ3v) is 6.71. The number of carbonyl (C=O) groups excluding carboxylic acids is 2. The topological polar surface area (TPSA) is 58.6 Å². The van der Waals surface area contributed by atoms with Crippen molar-refractivity contribution in [2.24, 2.45) is 0 Å². The lowest BCUT2D eigenvalue weighted by molar-refractivity contribution is -0.143. The van der Waals surface area contributed by atoms with Gasteiger partial charge in [-0.05, 0) is 68.1 Å². The van der Waals surface area contributed by atoms with E-state index in [2.05, 4.69) is 21.2 Å². The van der Waals surface area contributed by atoms with Crippen molar-refractivity contribution in [3.05, 3.63) is 62.0 Å². The molecule has 174 valence electrons. The van der Waals surface area contributed by atoms with Crippen LogP contribution in [0.3, 0.4) is 0 Å². The smallest absolute Gasteiger partial charge is 0.261 e. The Bertz CT molecular complexity index is 955. The van der Waals surface area contributed by atoms with E-state index in [4.69, 9.17) is 27.9 Å². The van der Waals surface area contributed by atoms with Crippen LogP contribution in [0.5, 0.6) is 5.75 Å². The molecule has 2 unspecified atom stereocenters. The highest BCUT2D eigenvalue weighted by Crippen LogP contribution is 2.25. The van der Waals surface area contributed by atoms with Gasteiger partial charge in [-0.2, -0.15) is 0 Å². The molecule has 0 aliphatic carbocycles. The third-order valence-electron chi connectivity index (χ3n) is 5.23. The molecule has 1 N–H and O–H groups in total. The van der Waals surface area contributed by atoms with Gasteiger partial charge >= 0.3 is 0 Å². The van der Waals surface area contributed by atoms with Crippen molar-refractivity contribution in [2.75, 3.05) is 6.61 Å². The van der Waals surface area contributed by atoms with Crippen LogP contribution in [-0.2, 0) is 16.1 Å². The fraction of sp³-hybridized carbons (Fsp3) is 0.417. The van der Waals surface area contributed by atoms with Crippen LogP contribution in [0.1, 0.15) is 44.7 Å². The standard InChI is InChI=1S/C24H29BrCl2N2O3/c1-5-16(4)28-24(31)22(6-2)29(13-17-7-8-18(26)12-21(17)27)23(30)14-32-19-9-10-20(25)15(3)11-19/h7-12,16,22H,5-6,13-14H2,1-4H3,(H,28,31). The van der Waals surface area contributed by atoms with Crippen LogP contribution in [0.15, 0.2) is 40.9 Å². The van der Waals surface area contributed by atoms with Gasteiger partial charge in [-0.15, -0.1) is 0 Å². The summed E-state index contributed by atoms with van der Waals surface area (Å²) >= 11 is 15.8. The maximum Gasteiger partial charge on any atom is 0.261 e. The molecule has 2 aromatic carbocycles. The van der Waals surface area contributed by atoms with Crippen LogP contribution >= 0.6 is 39.1 Å². The molecule has 0 spiro atoms. The molecule has 0 aliphatic rings. The molecule has 0 aromatic heterocycles. The van der Waals surface area contributed by atoms with E-state index < -0.39 is 6.04 Å². The molecule has 0 aliphatic heterocycles. The van der Waals surface area contributed by atoms with Crippen LogP contribution in [0, 0.1) is 6.92 Å². The highest BCUT2D eigenvalue weighted by Gasteiger charge is 2.30. The number of amides is 2. The highest BCUT2D eigenvalue weighted by molar-refractivity contribution is 9.10. The lowest BCUT2D eigenvalue weighted by atomic mass is 10.1. The van der Waals surface area contributed by atoms with Crippen molar-refractivity contribution < 1.29 is 14.3 Å². The number of halogens is 3. The summed E-state index contributed by atoms with van der Waals surface area (Å²) in [5, 5.41) is 3.93. The Labute approximate surface area is 208 Å². The number of nitrogens with zero attached hydrogens (tertiary/aromatic N) is 1. The first-order chi connectivity index (χ1) is 15.2. The first-order valence-electron chi connectivity index (χ1n) is 10.6. The Morgan fingerprint density at radius 2 is 1.84 bits per heavy atom. The fourth-order valence-corrected chi connectivity index (χ4v) is 3.84. The maximum atomic E-state index is 13.3. The van der Waals surface area contributed by atoms with E-state index in [-0.39, 0.29) is 31.0 Å². The van der Waals surface area contributed by atoms with Gasteiger partial charge in [-0.3, -0.25) is 9.59 Å².